The number of hydrogen-bond donors (Lipinski definition) is 1. The van der Waals surface area contributed by atoms with Crippen molar-refractivity contribution >= 4 is 17.5 Å². The van der Waals surface area contributed by atoms with Gasteiger partial charge in [-0.3, -0.25) is 9.59 Å². The van der Waals surface area contributed by atoms with Crippen molar-refractivity contribution in [2.24, 2.45) is 0 Å². The molecule has 0 spiro atoms. The molecule has 1 aromatic carbocycles. The molecule has 6 nitrogen and oxygen atoms in total. The number of carbonyl (C=O) groups is 2. The van der Waals surface area contributed by atoms with E-state index in [9.17, 15) is 9.59 Å². The molecule has 1 aliphatic rings. The lowest BCUT2D eigenvalue weighted by Gasteiger charge is -2.38. The number of aryl methyl sites for hydroxylation is 1. The highest BCUT2D eigenvalue weighted by Crippen LogP contribution is 2.37. The van der Waals surface area contributed by atoms with E-state index >= 15 is 0 Å². The normalized spacial score (nSPS) is 20.4. The van der Waals surface area contributed by atoms with Gasteiger partial charge in [0.2, 0.25) is 0 Å². The van der Waals surface area contributed by atoms with E-state index in [1.54, 1.807) is 20.2 Å². The summed E-state index contributed by atoms with van der Waals surface area (Å²) in [6, 6.07) is 5.53. The molecular weight excluding hydrogens is 284 g/mol. The number of methoxy groups -OCH3 is 1. The summed E-state index contributed by atoms with van der Waals surface area (Å²) < 4.78 is 10.7. The molecular formula is C16H22N2O4. The van der Waals surface area contributed by atoms with Crippen LogP contribution in [0.1, 0.15) is 18.9 Å². The Balaban J connectivity index is 2.19. The molecule has 0 aromatic heterocycles. The molecule has 1 heterocycles. The second-order valence-electron chi connectivity index (χ2n) is 5.57. The summed E-state index contributed by atoms with van der Waals surface area (Å²) in [5, 5.41) is 2.73. The summed E-state index contributed by atoms with van der Waals surface area (Å²) in [5.41, 5.74) is 0.147. The fraction of sp³-hybridized carbons (Fsp3) is 0.500. The number of amides is 2. The molecule has 6 heteroatoms. The molecule has 1 unspecified atom stereocenters. The number of hydrogen-bond acceptors (Lipinski definition) is 4. The molecule has 0 fully saturated rings. The van der Waals surface area contributed by atoms with E-state index in [4.69, 9.17) is 9.47 Å². The zero-order valence-electron chi connectivity index (χ0n) is 13.4. The molecule has 22 heavy (non-hydrogen) atoms. The lowest BCUT2D eigenvalue weighted by Crippen LogP contribution is -2.61. The Hall–Kier alpha value is -2.08. The molecule has 0 saturated heterocycles. The second kappa shape index (κ2) is 6.36. The first-order valence-corrected chi connectivity index (χ1v) is 7.25. The first-order valence-electron chi connectivity index (χ1n) is 7.25. The van der Waals surface area contributed by atoms with Crippen molar-refractivity contribution in [2.75, 3.05) is 32.2 Å². The Morgan fingerprint density at radius 3 is 2.86 bits per heavy atom. The van der Waals surface area contributed by atoms with Crippen LogP contribution in [0.3, 0.4) is 0 Å². The maximum Gasteiger partial charge on any atom is 0.280 e. The maximum absolute atomic E-state index is 12.6. The zero-order chi connectivity index (χ0) is 16.3. The van der Waals surface area contributed by atoms with Gasteiger partial charge in [0.05, 0.1) is 5.69 Å². The Labute approximate surface area is 130 Å². The molecule has 1 aliphatic heterocycles. The van der Waals surface area contributed by atoms with Crippen molar-refractivity contribution in [1.82, 2.24) is 5.32 Å². The molecule has 0 aliphatic carbocycles. The van der Waals surface area contributed by atoms with Crippen LogP contribution < -0.4 is 15.0 Å². The third-order valence-corrected chi connectivity index (χ3v) is 3.75. The zero-order valence-corrected chi connectivity index (χ0v) is 13.4. The van der Waals surface area contributed by atoms with Gasteiger partial charge < -0.3 is 19.7 Å². The van der Waals surface area contributed by atoms with E-state index < -0.39 is 11.5 Å². The van der Waals surface area contributed by atoms with E-state index in [-0.39, 0.29) is 5.91 Å². The monoisotopic (exact) mass is 306 g/mol. The molecule has 0 bridgehead atoms. The molecule has 1 atom stereocenters. The molecule has 0 radical (unpaired) electrons. The quantitative estimate of drug-likeness (QED) is 0.657. The van der Waals surface area contributed by atoms with Gasteiger partial charge >= 0.3 is 0 Å². The van der Waals surface area contributed by atoms with Crippen LogP contribution in [0.5, 0.6) is 5.75 Å². The smallest absolute Gasteiger partial charge is 0.280 e. The largest absolute Gasteiger partial charge is 0.466 e. The van der Waals surface area contributed by atoms with Crippen LogP contribution >= 0.6 is 0 Å². The highest BCUT2D eigenvalue weighted by atomic mass is 16.5. The van der Waals surface area contributed by atoms with Gasteiger partial charge in [0.25, 0.3) is 17.4 Å². The Kier molecular flexibility index (Phi) is 4.71. The average molecular weight is 306 g/mol. The minimum atomic E-state index is -1.55. The van der Waals surface area contributed by atoms with Gasteiger partial charge in [0.1, 0.15) is 5.75 Å². The van der Waals surface area contributed by atoms with Crippen LogP contribution in [0.15, 0.2) is 18.2 Å². The number of nitrogens with zero attached hydrogens (tertiary/aromatic N) is 1. The Morgan fingerprint density at radius 2 is 2.18 bits per heavy atom. The van der Waals surface area contributed by atoms with E-state index in [1.165, 1.54) is 11.8 Å². The summed E-state index contributed by atoms with van der Waals surface area (Å²) in [7, 11) is 3.25. The van der Waals surface area contributed by atoms with Gasteiger partial charge in [-0.1, -0.05) is 6.07 Å². The van der Waals surface area contributed by atoms with Gasteiger partial charge in [0.15, 0.2) is 0 Å². The van der Waals surface area contributed by atoms with Crippen molar-refractivity contribution in [3.63, 3.8) is 0 Å². The van der Waals surface area contributed by atoms with Gasteiger partial charge in [-0.25, -0.2) is 0 Å². The highest BCUT2D eigenvalue weighted by Gasteiger charge is 2.49. The third-order valence-electron chi connectivity index (χ3n) is 3.75. The fourth-order valence-corrected chi connectivity index (χ4v) is 2.40. The van der Waals surface area contributed by atoms with E-state index in [0.717, 1.165) is 5.56 Å². The summed E-state index contributed by atoms with van der Waals surface area (Å²) in [6.07, 6.45) is 0.679. The predicted molar refractivity (Wildman–Crippen MR) is 83.1 cm³/mol. The van der Waals surface area contributed by atoms with Crippen LogP contribution in [0.25, 0.3) is 0 Å². The number of ether oxygens (including phenoxy) is 2. The number of fused-ring (bicyclic) bond motifs is 1. The Morgan fingerprint density at radius 1 is 1.45 bits per heavy atom. The molecule has 2 rings (SSSR count). The van der Waals surface area contributed by atoms with E-state index in [1.807, 2.05) is 19.1 Å². The van der Waals surface area contributed by atoms with E-state index in [0.29, 0.717) is 31.0 Å². The first-order chi connectivity index (χ1) is 10.4. The van der Waals surface area contributed by atoms with Crippen LogP contribution in [0, 0.1) is 6.92 Å². The summed E-state index contributed by atoms with van der Waals surface area (Å²) >= 11 is 0. The van der Waals surface area contributed by atoms with Gasteiger partial charge in [-0.2, -0.15) is 0 Å². The molecule has 0 saturated carbocycles. The predicted octanol–water partition coefficient (Wildman–Crippen LogP) is 1.26. The minimum absolute atomic E-state index is 0.380. The third kappa shape index (κ3) is 2.92. The van der Waals surface area contributed by atoms with Crippen molar-refractivity contribution in [1.29, 1.82) is 0 Å². The van der Waals surface area contributed by atoms with Crippen LogP contribution in [0.4, 0.5) is 5.69 Å². The number of benzene rings is 1. The molecule has 1 aromatic rings. The second-order valence-corrected chi connectivity index (χ2v) is 5.57. The summed E-state index contributed by atoms with van der Waals surface area (Å²) in [5.74, 6) is -0.288. The summed E-state index contributed by atoms with van der Waals surface area (Å²) in [6.45, 7) is 4.42. The lowest BCUT2D eigenvalue weighted by molar-refractivity contribution is -0.148. The number of likely N-dealkylation sites (N-methyl/N-ethyl adjacent to an activating group) is 1. The lowest BCUT2D eigenvalue weighted by atomic mass is 10.00. The minimum Gasteiger partial charge on any atom is -0.466 e. The van der Waals surface area contributed by atoms with Crippen molar-refractivity contribution in [2.45, 2.75) is 25.9 Å². The van der Waals surface area contributed by atoms with Crippen molar-refractivity contribution in [3.05, 3.63) is 23.8 Å². The van der Waals surface area contributed by atoms with Gasteiger partial charge in [-0.05, 0) is 38.0 Å². The van der Waals surface area contributed by atoms with Crippen molar-refractivity contribution < 1.29 is 19.1 Å². The Bertz CT molecular complexity index is 588. The standard InChI is InChI=1S/C16H22N2O4/c1-11-6-7-13-12(10-11)18(3)15(20)16(2,22-13)14(19)17-8-5-9-21-4/h6-7,10H,5,8-9H2,1-4H3,(H,17,19). The fourth-order valence-electron chi connectivity index (χ4n) is 2.40. The number of nitrogens with one attached hydrogen (secondary N) is 1. The number of carbonyl (C=O) groups excluding carboxylic acids is 2. The first kappa shape index (κ1) is 16.3. The highest BCUT2D eigenvalue weighted by molar-refractivity contribution is 6.16. The van der Waals surface area contributed by atoms with Gasteiger partial charge in [0, 0.05) is 27.3 Å². The van der Waals surface area contributed by atoms with Crippen molar-refractivity contribution in [3.8, 4) is 5.75 Å². The molecule has 1 N–H and O–H groups in total. The van der Waals surface area contributed by atoms with E-state index in [2.05, 4.69) is 5.32 Å². The number of rotatable bonds is 5. The molecule has 120 valence electrons. The van der Waals surface area contributed by atoms with Crippen LogP contribution in [-0.2, 0) is 14.3 Å². The topological polar surface area (TPSA) is 67.9 Å². The van der Waals surface area contributed by atoms with Crippen LogP contribution in [-0.4, -0.2) is 44.7 Å². The van der Waals surface area contributed by atoms with Gasteiger partial charge in [-0.15, -0.1) is 0 Å². The summed E-state index contributed by atoms with van der Waals surface area (Å²) in [4.78, 5) is 26.4. The maximum atomic E-state index is 12.6. The van der Waals surface area contributed by atoms with Crippen LogP contribution in [0.2, 0.25) is 0 Å². The average Bonchev–Trinajstić information content (AvgIpc) is 2.50. The molecule has 2 amide bonds. The number of anilines is 1. The SMILES string of the molecule is COCCCNC(=O)C1(C)Oc2ccc(C)cc2N(C)C1=O.